The van der Waals surface area contributed by atoms with Crippen LogP contribution in [0.2, 0.25) is 0 Å². The molecule has 2 aromatic rings. The van der Waals surface area contributed by atoms with Gasteiger partial charge in [-0.25, -0.2) is 4.98 Å². The Hall–Kier alpha value is -0.910. The van der Waals surface area contributed by atoms with Crippen LogP contribution in [-0.2, 0) is 12.3 Å². The molecule has 0 aliphatic heterocycles. The summed E-state index contributed by atoms with van der Waals surface area (Å²) in [5.74, 6) is 0.919. The predicted octanol–water partition coefficient (Wildman–Crippen LogP) is 2.60. The second-order valence-corrected chi connectivity index (χ2v) is 5.48. The van der Waals surface area contributed by atoms with Crippen LogP contribution in [0.15, 0.2) is 28.0 Å². The number of aromatic nitrogens is 2. The minimum Gasteiger partial charge on any atom is -0.325 e. The van der Waals surface area contributed by atoms with E-state index in [4.69, 9.17) is 5.73 Å². The average molecular weight is 251 g/mol. The smallest absolute Gasteiger partial charge is 0.150 e. The molecule has 0 fully saturated rings. The third kappa shape index (κ3) is 3.04. The van der Waals surface area contributed by atoms with Gasteiger partial charge in [-0.3, -0.25) is 4.98 Å². The lowest BCUT2D eigenvalue weighted by atomic mass is 10.2. The molecule has 0 radical (unpaired) electrons. The Morgan fingerprint density at radius 2 is 2.38 bits per heavy atom. The van der Waals surface area contributed by atoms with Gasteiger partial charge < -0.3 is 5.73 Å². The van der Waals surface area contributed by atoms with Crippen molar-refractivity contribution >= 4 is 23.1 Å². The van der Waals surface area contributed by atoms with Crippen LogP contribution in [-0.4, -0.2) is 9.97 Å². The number of hydrogen-bond acceptors (Lipinski definition) is 5. The number of nitrogens with two attached hydrogens (primary N) is 1. The standard InChI is InChI=1S/C11H13N3S2/c1-8-6-15-11(14-8)16-7-9-2-3-13-10(4-9)5-12/h2-4,6H,5,7,12H2,1H3. The van der Waals surface area contributed by atoms with Crippen LogP contribution in [0.25, 0.3) is 0 Å². The molecule has 2 heterocycles. The van der Waals surface area contributed by atoms with E-state index in [0.29, 0.717) is 6.54 Å². The number of rotatable bonds is 4. The molecule has 0 spiro atoms. The molecule has 16 heavy (non-hydrogen) atoms. The molecule has 0 unspecified atom stereocenters. The largest absolute Gasteiger partial charge is 0.325 e. The number of hydrogen-bond donors (Lipinski definition) is 1. The van der Waals surface area contributed by atoms with Crippen LogP contribution >= 0.6 is 23.1 Å². The van der Waals surface area contributed by atoms with Crippen molar-refractivity contribution in [3.05, 3.63) is 40.7 Å². The maximum Gasteiger partial charge on any atom is 0.150 e. The van der Waals surface area contributed by atoms with Gasteiger partial charge in [0.15, 0.2) is 0 Å². The van der Waals surface area contributed by atoms with Crippen molar-refractivity contribution in [2.75, 3.05) is 0 Å². The highest BCUT2D eigenvalue weighted by atomic mass is 32.2. The van der Waals surface area contributed by atoms with E-state index < -0.39 is 0 Å². The molecular formula is C11H13N3S2. The molecule has 2 N–H and O–H groups in total. The lowest BCUT2D eigenvalue weighted by Crippen LogP contribution is -1.99. The van der Waals surface area contributed by atoms with Gasteiger partial charge in [0.2, 0.25) is 0 Å². The zero-order valence-corrected chi connectivity index (χ0v) is 10.6. The first kappa shape index (κ1) is 11.6. The SMILES string of the molecule is Cc1csc(SCc2ccnc(CN)c2)n1. The van der Waals surface area contributed by atoms with Gasteiger partial charge in [-0.05, 0) is 24.6 Å². The normalized spacial score (nSPS) is 10.6. The van der Waals surface area contributed by atoms with Gasteiger partial charge in [-0.1, -0.05) is 11.8 Å². The van der Waals surface area contributed by atoms with E-state index in [1.54, 1.807) is 23.1 Å². The van der Waals surface area contributed by atoms with Gasteiger partial charge in [0.05, 0.1) is 5.69 Å². The zero-order chi connectivity index (χ0) is 11.4. The average Bonchev–Trinajstić information content (AvgIpc) is 2.73. The fraction of sp³-hybridized carbons (Fsp3) is 0.273. The van der Waals surface area contributed by atoms with Crippen LogP contribution in [0.3, 0.4) is 0 Å². The van der Waals surface area contributed by atoms with Gasteiger partial charge >= 0.3 is 0 Å². The summed E-state index contributed by atoms with van der Waals surface area (Å²) in [6.45, 7) is 2.51. The van der Waals surface area contributed by atoms with Gasteiger partial charge in [0.1, 0.15) is 4.34 Å². The summed E-state index contributed by atoms with van der Waals surface area (Å²) in [5.41, 5.74) is 8.82. The third-order valence-corrected chi connectivity index (χ3v) is 4.26. The van der Waals surface area contributed by atoms with Crippen molar-refractivity contribution in [1.29, 1.82) is 0 Å². The molecule has 84 valence electrons. The summed E-state index contributed by atoms with van der Waals surface area (Å²) in [6.07, 6.45) is 1.81. The molecule has 0 saturated carbocycles. The summed E-state index contributed by atoms with van der Waals surface area (Å²) >= 11 is 3.44. The van der Waals surface area contributed by atoms with Crippen molar-refractivity contribution in [2.24, 2.45) is 5.73 Å². The summed E-state index contributed by atoms with van der Waals surface area (Å²) in [4.78, 5) is 8.58. The Morgan fingerprint density at radius 1 is 1.50 bits per heavy atom. The third-order valence-electron chi connectivity index (χ3n) is 2.05. The Morgan fingerprint density at radius 3 is 3.06 bits per heavy atom. The second-order valence-electron chi connectivity index (χ2n) is 3.40. The fourth-order valence-electron chi connectivity index (χ4n) is 1.27. The second kappa shape index (κ2) is 5.43. The first-order valence-corrected chi connectivity index (χ1v) is 6.83. The first-order chi connectivity index (χ1) is 7.78. The van der Waals surface area contributed by atoms with Gasteiger partial charge in [-0.2, -0.15) is 0 Å². The van der Waals surface area contributed by atoms with Crippen molar-refractivity contribution < 1.29 is 0 Å². The highest BCUT2D eigenvalue weighted by Crippen LogP contribution is 2.25. The van der Waals surface area contributed by atoms with Crippen LogP contribution in [0.1, 0.15) is 17.0 Å². The molecule has 3 nitrogen and oxygen atoms in total. The highest BCUT2D eigenvalue weighted by molar-refractivity contribution is 8.00. The summed E-state index contributed by atoms with van der Waals surface area (Å²) in [6, 6.07) is 4.07. The molecule has 0 aliphatic carbocycles. The fourth-order valence-corrected chi connectivity index (χ4v) is 3.07. The first-order valence-electron chi connectivity index (χ1n) is 4.97. The molecule has 5 heteroatoms. The van der Waals surface area contributed by atoms with Crippen LogP contribution in [0.4, 0.5) is 0 Å². The molecule has 0 atom stereocenters. The molecule has 0 amide bonds. The Bertz CT molecular complexity index is 468. The van der Waals surface area contributed by atoms with Crippen LogP contribution < -0.4 is 5.73 Å². The number of aryl methyl sites for hydroxylation is 1. The summed E-state index contributed by atoms with van der Waals surface area (Å²) in [5, 5.41) is 2.07. The quantitative estimate of drug-likeness (QED) is 0.849. The summed E-state index contributed by atoms with van der Waals surface area (Å²) < 4.78 is 1.11. The van der Waals surface area contributed by atoms with Crippen molar-refractivity contribution in [3.63, 3.8) is 0 Å². The van der Waals surface area contributed by atoms with Gasteiger partial charge in [0.25, 0.3) is 0 Å². The van der Waals surface area contributed by atoms with Gasteiger partial charge in [0, 0.05) is 29.6 Å². The van der Waals surface area contributed by atoms with Crippen molar-refractivity contribution in [1.82, 2.24) is 9.97 Å². The number of pyridine rings is 1. The van der Waals surface area contributed by atoms with E-state index in [-0.39, 0.29) is 0 Å². The Labute approximate surface area is 103 Å². The Kier molecular flexibility index (Phi) is 3.93. The minimum atomic E-state index is 0.495. The number of thioether (sulfide) groups is 1. The van der Waals surface area contributed by atoms with Crippen molar-refractivity contribution in [3.8, 4) is 0 Å². The van der Waals surface area contributed by atoms with E-state index in [9.17, 15) is 0 Å². The molecule has 0 saturated heterocycles. The molecule has 2 rings (SSSR count). The van der Waals surface area contributed by atoms with E-state index in [1.165, 1.54) is 5.56 Å². The predicted molar refractivity (Wildman–Crippen MR) is 68.5 cm³/mol. The monoisotopic (exact) mass is 251 g/mol. The van der Waals surface area contributed by atoms with E-state index in [1.807, 2.05) is 25.3 Å². The highest BCUT2D eigenvalue weighted by Gasteiger charge is 2.01. The molecule has 0 aliphatic rings. The van der Waals surface area contributed by atoms with Crippen molar-refractivity contribution in [2.45, 2.75) is 23.6 Å². The maximum absolute atomic E-state index is 5.55. The topological polar surface area (TPSA) is 51.8 Å². The van der Waals surface area contributed by atoms with E-state index >= 15 is 0 Å². The van der Waals surface area contributed by atoms with Gasteiger partial charge in [-0.15, -0.1) is 11.3 Å². The molecular weight excluding hydrogens is 238 g/mol. The number of thiazole rings is 1. The van der Waals surface area contributed by atoms with Crippen LogP contribution in [0.5, 0.6) is 0 Å². The lowest BCUT2D eigenvalue weighted by Gasteiger charge is -2.01. The van der Waals surface area contributed by atoms with E-state index in [0.717, 1.165) is 21.5 Å². The maximum atomic E-state index is 5.55. The summed E-state index contributed by atoms with van der Waals surface area (Å²) in [7, 11) is 0. The Balaban J connectivity index is 1.99. The van der Waals surface area contributed by atoms with Crippen LogP contribution in [0, 0.1) is 6.92 Å². The molecule has 2 aromatic heterocycles. The number of nitrogens with zero attached hydrogens (tertiary/aromatic N) is 2. The lowest BCUT2D eigenvalue weighted by molar-refractivity contribution is 0.983. The zero-order valence-electron chi connectivity index (χ0n) is 9.01. The molecule has 0 aromatic carbocycles. The molecule has 0 bridgehead atoms. The minimum absolute atomic E-state index is 0.495. The van der Waals surface area contributed by atoms with E-state index in [2.05, 4.69) is 15.3 Å².